The number of amides is 1. The van der Waals surface area contributed by atoms with Crippen LogP contribution >= 0.6 is 12.6 Å². The number of carbonyl (C=O) groups excluding carboxylic acids is 2. The van der Waals surface area contributed by atoms with Crippen molar-refractivity contribution in [3.63, 3.8) is 0 Å². The molecule has 1 unspecified atom stereocenters. The number of rotatable bonds is 7. The van der Waals surface area contributed by atoms with Gasteiger partial charge < -0.3 is 14.1 Å². The zero-order valence-corrected chi connectivity index (χ0v) is 14.4. The molecule has 0 radical (unpaired) electrons. The highest BCUT2D eigenvalue weighted by molar-refractivity contribution is 7.81. The standard InChI is InChI=1S/C13H23NO4SSi/c1-6-7-17-10(15)8-14-12(16)11(13(14)19)9(2)18-20(3,4)5/h6,9,11,13,19H,1,7-8H2,2-5H3/t9?,11-,13-/m1/s1. The van der Waals surface area contributed by atoms with Crippen molar-refractivity contribution < 1.29 is 18.8 Å². The summed E-state index contributed by atoms with van der Waals surface area (Å²) in [6, 6.07) is 0. The molecule has 0 spiro atoms. The summed E-state index contributed by atoms with van der Waals surface area (Å²) in [4.78, 5) is 25.0. The zero-order valence-electron chi connectivity index (χ0n) is 12.5. The normalized spacial score (nSPS) is 24.1. The summed E-state index contributed by atoms with van der Waals surface area (Å²) in [5, 5.41) is -0.301. The molecule has 0 aromatic heterocycles. The van der Waals surface area contributed by atoms with E-state index in [-0.39, 0.29) is 36.5 Å². The molecule has 7 heteroatoms. The van der Waals surface area contributed by atoms with Gasteiger partial charge in [-0.2, -0.15) is 12.6 Å². The highest BCUT2D eigenvalue weighted by atomic mass is 32.1. The molecule has 0 bridgehead atoms. The molecule has 0 saturated carbocycles. The average Bonchev–Trinajstić information content (AvgIpc) is 2.31. The Morgan fingerprint density at radius 3 is 2.60 bits per heavy atom. The van der Waals surface area contributed by atoms with Crippen molar-refractivity contribution in [1.82, 2.24) is 4.90 Å². The first-order chi connectivity index (χ1) is 9.17. The van der Waals surface area contributed by atoms with E-state index in [0.717, 1.165) is 0 Å². The molecule has 1 fully saturated rings. The molecule has 1 rings (SSSR count). The molecule has 1 aliphatic rings. The number of hydrogen-bond donors (Lipinski definition) is 1. The van der Waals surface area contributed by atoms with Gasteiger partial charge in [0.2, 0.25) is 5.91 Å². The topological polar surface area (TPSA) is 55.8 Å². The Labute approximate surface area is 126 Å². The van der Waals surface area contributed by atoms with E-state index < -0.39 is 14.3 Å². The highest BCUT2D eigenvalue weighted by Crippen LogP contribution is 2.34. The van der Waals surface area contributed by atoms with Crippen LogP contribution in [0.5, 0.6) is 0 Å². The van der Waals surface area contributed by atoms with Crippen LogP contribution in [0.25, 0.3) is 0 Å². The van der Waals surface area contributed by atoms with Crippen LogP contribution < -0.4 is 0 Å². The van der Waals surface area contributed by atoms with Gasteiger partial charge in [-0.05, 0) is 26.6 Å². The predicted molar refractivity (Wildman–Crippen MR) is 83.0 cm³/mol. The number of esters is 1. The van der Waals surface area contributed by atoms with Gasteiger partial charge >= 0.3 is 5.97 Å². The third-order valence-electron chi connectivity index (χ3n) is 2.92. The van der Waals surface area contributed by atoms with Gasteiger partial charge in [-0.3, -0.25) is 9.59 Å². The molecule has 3 atom stereocenters. The van der Waals surface area contributed by atoms with Gasteiger partial charge in [0.15, 0.2) is 8.32 Å². The molecule has 5 nitrogen and oxygen atoms in total. The van der Waals surface area contributed by atoms with Crippen molar-refractivity contribution >= 4 is 32.8 Å². The third-order valence-corrected chi connectivity index (χ3v) is 4.59. The van der Waals surface area contributed by atoms with Crippen molar-refractivity contribution in [3.8, 4) is 0 Å². The number of carbonyl (C=O) groups is 2. The molecular formula is C13H23NO4SSi. The molecule has 0 aromatic rings. The Balaban J connectivity index is 2.52. The van der Waals surface area contributed by atoms with Crippen LogP contribution in [0.4, 0.5) is 0 Å². The first-order valence-electron chi connectivity index (χ1n) is 6.60. The maximum Gasteiger partial charge on any atom is 0.325 e. The van der Waals surface area contributed by atoms with Gasteiger partial charge in [0.1, 0.15) is 13.2 Å². The van der Waals surface area contributed by atoms with Crippen molar-refractivity contribution in [2.75, 3.05) is 13.2 Å². The fraction of sp³-hybridized carbons (Fsp3) is 0.692. The number of thiol groups is 1. The van der Waals surface area contributed by atoms with Crippen molar-refractivity contribution in [2.45, 2.75) is 38.0 Å². The number of likely N-dealkylation sites (tertiary alicyclic amines) is 1. The summed E-state index contributed by atoms with van der Waals surface area (Å²) in [5.74, 6) is -0.849. The Hall–Kier alpha value is -0.793. The molecule has 1 aliphatic heterocycles. The molecule has 1 heterocycles. The van der Waals surface area contributed by atoms with E-state index in [4.69, 9.17) is 9.16 Å². The van der Waals surface area contributed by atoms with Gasteiger partial charge in [0, 0.05) is 0 Å². The zero-order chi connectivity index (χ0) is 15.5. The second-order valence-corrected chi connectivity index (χ2v) is 10.8. The second kappa shape index (κ2) is 6.78. The van der Waals surface area contributed by atoms with E-state index in [2.05, 4.69) is 38.8 Å². The molecule has 1 amide bonds. The summed E-state index contributed by atoms with van der Waals surface area (Å²) in [5.41, 5.74) is 0. The van der Waals surface area contributed by atoms with Crippen LogP contribution in [0.1, 0.15) is 6.92 Å². The second-order valence-electron chi connectivity index (χ2n) is 5.81. The van der Waals surface area contributed by atoms with E-state index in [1.165, 1.54) is 11.0 Å². The van der Waals surface area contributed by atoms with Crippen LogP contribution in [-0.2, 0) is 18.8 Å². The lowest BCUT2D eigenvalue weighted by Crippen LogP contribution is -2.64. The summed E-state index contributed by atoms with van der Waals surface area (Å²) >= 11 is 4.40. The lowest BCUT2D eigenvalue weighted by atomic mass is 9.93. The quantitative estimate of drug-likeness (QED) is 0.255. The van der Waals surface area contributed by atoms with Gasteiger partial charge in [0.25, 0.3) is 0 Å². The van der Waals surface area contributed by atoms with Crippen LogP contribution in [0.3, 0.4) is 0 Å². The minimum atomic E-state index is -1.70. The van der Waals surface area contributed by atoms with Crippen molar-refractivity contribution in [3.05, 3.63) is 12.7 Å². The molecule has 20 heavy (non-hydrogen) atoms. The van der Waals surface area contributed by atoms with Crippen molar-refractivity contribution in [1.29, 1.82) is 0 Å². The third kappa shape index (κ3) is 4.36. The van der Waals surface area contributed by atoms with Crippen LogP contribution in [0.2, 0.25) is 19.6 Å². The van der Waals surface area contributed by atoms with Gasteiger partial charge in [-0.25, -0.2) is 0 Å². The van der Waals surface area contributed by atoms with E-state index in [0.29, 0.717) is 0 Å². The summed E-state index contributed by atoms with van der Waals surface area (Å²) < 4.78 is 10.8. The van der Waals surface area contributed by atoms with Gasteiger partial charge in [0.05, 0.1) is 17.4 Å². The molecular weight excluding hydrogens is 294 g/mol. The molecule has 0 aromatic carbocycles. The first kappa shape index (κ1) is 17.3. The van der Waals surface area contributed by atoms with Crippen LogP contribution in [0.15, 0.2) is 12.7 Å². The van der Waals surface area contributed by atoms with Crippen LogP contribution in [0, 0.1) is 5.92 Å². The minimum Gasteiger partial charge on any atom is -0.460 e. The largest absolute Gasteiger partial charge is 0.460 e. The smallest absolute Gasteiger partial charge is 0.325 e. The Bertz CT molecular complexity index is 396. The minimum absolute atomic E-state index is 0.0724. The van der Waals surface area contributed by atoms with E-state index in [1.807, 2.05) is 6.92 Å². The highest BCUT2D eigenvalue weighted by Gasteiger charge is 2.49. The molecule has 1 saturated heterocycles. The number of β-lactam (4-membered cyclic amide) rings is 1. The molecule has 114 valence electrons. The van der Waals surface area contributed by atoms with Crippen LogP contribution in [-0.4, -0.2) is 49.7 Å². The number of ether oxygens (including phenoxy) is 1. The average molecular weight is 317 g/mol. The van der Waals surface area contributed by atoms with Gasteiger partial charge in [-0.1, -0.05) is 12.7 Å². The SMILES string of the molecule is C=CCOC(=O)CN1C(=O)[C@@H](C(C)O[Si](C)(C)C)[C@H]1S. The fourth-order valence-electron chi connectivity index (χ4n) is 2.14. The van der Waals surface area contributed by atoms with Crippen molar-refractivity contribution in [2.24, 2.45) is 5.92 Å². The summed E-state index contributed by atoms with van der Waals surface area (Å²) in [6.45, 7) is 11.6. The Kier molecular flexibility index (Phi) is 5.85. The summed E-state index contributed by atoms with van der Waals surface area (Å²) in [6.07, 6.45) is 1.30. The summed E-state index contributed by atoms with van der Waals surface area (Å²) in [7, 11) is -1.70. The lowest BCUT2D eigenvalue weighted by molar-refractivity contribution is -0.163. The number of nitrogens with zero attached hydrogens (tertiary/aromatic N) is 1. The Morgan fingerprint density at radius 1 is 1.55 bits per heavy atom. The molecule has 0 aliphatic carbocycles. The lowest BCUT2D eigenvalue weighted by Gasteiger charge is -2.47. The van der Waals surface area contributed by atoms with E-state index in [1.54, 1.807) is 0 Å². The Morgan fingerprint density at radius 2 is 2.15 bits per heavy atom. The predicted octanol–water partition coefficient (Wildman–Crippen LogP) is 1.67. The maximum atomic E-state index is 12.1. The van der Waals surface area contributed by atoms with E-state index >= 15 is 0 Å². The fourth-order valence-corrected chi connectivity index (χ4v) is 3.97. The maximum absolute atomic E-state index is 12.1. The van der Waals surface area contributed by atoms with E-state index in [9.17, 15) is 9.59 Å². The van der Waals surface area contributed by atoms with Gasteiger partial charge in [-0.15, -0.1) is 0 Å². The molecule has 0 N–H and O–H groups in total. The first-order valence-corrected chi connectivity index (χ1v) is 10.5. The monoisotopic (exact) mass is 317 g/mol. The number of hydrogen-bond acceptors (Lipinski definition) is 5.